The molecule has 1 rings (SSSR count). The summed E-state index contributed by atoms with van der Waals surface area (Å²) >= 11 is 5.97. The van der Waals surface area contributed by atoms with Crippen molar-refractivity contribution in [1.82, 2.24) is 9.97 Å². The maximum atomic E-state index is 5.97. The molecule has 1 aromatic rings. The third-order valence-corrected chi connectivity index (χ3v) is 2.75. The SMILES string of the molecule is CC(C)CCCC(C)Nc1ncncc1Cl. The van der Waals surface area contributed by atoms with Gasteiger partial charge in [-0.05, 0) is 19.3 Å². The van der Waals surface area contributed by atoms with Crippen LogP contribution in [0.2, 0.25) is 5.02 Å². The summed E-state index contributed by atoms with van der Waals surface area (Å²) < 4.78 is 0. The van der Waals surface area contributed by atoms with Crippen LogP contribution >= 0.6 is 11.6 Å². The second kappa shape index (κ2) is 6.69. The Bertz CT molecular complexity index is 315. The lowest BCUT2D eigenvalue weighted by Gasteiger charge is -2.15. The van der Waals surface area contributed by atoms with E-state index in [4.69, 9.17) is 11.6 Å². The van der Waals surface area contributed by atoms with E-state index in [1.807, 2.05) is 0 Å². The van der Waals surface area contributed by atoms with E-state index in [0.717, 1.165) is 18.2 Å². The molecule has 4 heteroatoms. The fraction of sp³-hybridized carbons (Fsp3) is 0.667. The van der Waals surface area contributed by atoms with Gasteiger partial charge in [-0.2, -0.15) is 0 Å². The van der Waals surface area contributed by atoms with Crippen molar-refractivity contribution < 1.29 is 0 Å². The molecular weight excluding hydrogens is 222 g/mol. The summed E-state index contributed by atoms with van der Waals surface area (Å²) in [6.07, 6.45) is 6.75. The molecule has 0 aromatic carbocycles. The Morgan fingerprint density at radius 2 is 2.06 bits per heavy atom. The number of nitrogens with zero attached hydrogens (tertiary/aromatic N) is 2. The second-order valence-corrected chi connectivity index (χ2v) is 5.00. The second-order valence-electron chi connectivity index (χ2n) is 4.59. The van der Waals surface area contributed by atoms with Crippen molar-refractivity contribution in [2.24, 2.45) is 5.92 Å². The van der Waals surface area contributed by atoms with Gasteiger partial charge < -0.3 is 5.32 Å². The van der Waals surface area contributed by atoms with Crippen molar-refractivity contribution in [3.05, 3.63) is 17.5 Å². The Hall–Kier alpha value is -0.830. The lowest BCUT2D eigenvalue weighted by atomic mass is 10.0. The van der Waals surface area contributed by atoms with Crippen molar-refractivity contribution >= 4 is 17.4 Å². The van der Waals surface area contributed by atoms with E-state index in [1.165, 1.54) is 19.2 Å². The molecule has 90 valence electrons. The molecule has 0 aliphatic rings. The zero-order valence-corrected chi connectivity index (χ0v) is 11.0. The molecule has 3 nitrogen and oxygen atoms in total. The van der Waals surface area contributed by atoms with Crippen molar-refractivity contribution in [3.63, 3.8) is 0 Å². The van der Waals surface area contributed by atoms with Gasteiger partial charge in [0.15, 0.2) is 0 Å². The third kappa shape index (κ3) is 4.79. The average Bonchev–Trinajstić information content (AvgIpc) is 2.21. The summed E-state index contributed by atoms with van der Waals surface area (Å²) in [4.78, 5) is 7.96. The highest BCUT2D eigenvalue weighted by Gasteiger charge is 2.06. The van der Waals surface area contributed by atoms with E-state index in [0.29, 0.717) is 11.1 Å². The highest BCUT2D eigenvalue weighted by atomic mass is 35.5. The molecule has 1 heterocycles. The van der Waals surface area contributed by atoms with Crippen molar-refractivity contribution in [2.45, 2.75) is 46.1 Å². The first kappa shape index (κ1) is 13.2. The van der Waals surface area contributed by atoms with Crippen molar-refractivity contribution in [2.75, 3.05) is 5.32 Å². The molecule has 0 aliphatic carbocycles. The van der Waals surface area contributed by atoms with E-state index < -0.39 is 0 Å². The number of halogens is 1. The van der Waals surface area contributed by atoms with Crippen LogP contribution in [-0.2, 0) is 0 Å². The molecule has 0 fully saturated rings. The van der Waals surface area contributed by atoms with Crippen LogP contribution in [0.1, 0.15) is 40.0 Å². The number of rotatable bonds is 6. The van der Waals surface area contributed by atoms with Gasteiger partial charge in [0.05, 0.1) is 6.20 Å². The number of aromatic nitrogens is 2. The predicted octanol–water partition coefficient (Wildman–Crippen LogP) is 3.76. The number of anilines is 1. The fourth-order valence-corrected chi connectivity index (χ4v) is 1.72. The Balaban J connectivity index is 2.34. The average molecular weight is 242 g/mol. The van der Waals surface area contributed by atoms with Crippen LogP contribution < -0.4 is 5.32 Å². The number of hydrogen-bond donors (Lipinski definition) is 1. The van der Waals surface area contributed by atoms with Gasteiger partial charge in [-0.1, -0.05) is 38.3 Å². The fourth-order valence-electron chi connectivity index (χ4n) is 1.56. The van der Waals surface area contributed by atoms with Crippen LogP contribution in [0.4, 0.5) is 5.82 Å². The van der Waals surface area contributed by atoms with Gasteiger partial charge in [0.1, 0.15) is 17.2 Å². The Morgan fingerprint density at radius 3 is 2.69 bits per heavy atom. The van der Waals surface area contributed by atoms with Crippen LogP contribution in [0.5, 0.6) is 0 Å². The standard InChI is InChI=1S/C12H20ClN3/c1-9(2)5-4-6-10(3)16-12-11(13)7-14-8-15-12/h7-10H,4-6H2,1-3H3,(H,14,15,16). The minimum atomic E-state index is 0.395. The van der Waals surface area contributed by atoms with Gasteiger partial charge in [-0.15, -0.1) is 0 Å². The Kier molecular flexibility index (Phi) is 5.53. The topological polar surface area (TPSA) is 37.8 Å². The van der Waals surface area contributed by atoms with Crippen molar-refractivity contribution in [1.29, 1.82) is 0 Å². The summed E-state index contributed by atoms with van der Waals surface area (Å²) in [6.45, 7) is 6.65. The molecule has 16 heavy (non-hydrogen) atoms. The molecule has 0 radical (unpaired) electrons. The number of hydrogen-bond acceptors (Lipinski definition) is 3. The quantitative estimate of drug-likeness (QED) is 0.824. The van der Waals surface area contributed by atoms with Crippen molar-refractivity contribution in [3.8, 4) is 0 Å². The monoisotopic (exact) mass is 241 g/mol. The zero-order valence-electron chi connectivity index (χ0n) is 10.2. The highest BCUT2D eigenvalue weighted by Crippen LogP contribution is 2.18. The van der Waals surface area contributed by atoms with Gasteiger partial charge in [0.2, 0.25) is 0 Å². The predicted molar refractivity (Wildman–Crippen MR) is 68.8 cm³/mol. The molecule has 0 aliphatic heterocycles. The van der Waals surface area contributed by atoms with Gasteiger partial charge in [-0.3, -0.25) is 0 Å². The first-order valence-corrected chi connectivity index (χ1v) is 6.19. The van der Waals surface area contributed by atoms with Gasteiger partial charge in [-0.25, -0.2) is 9.97 Å². The van der Waals surface area contributed by atoms with E-state index in [9.17, 15) is 0 Å². The summed E-state index contributed by atoms with van der Waals surface area (Å²) in [6, 6.07) is 0.395. The first-order chi connectivity index (χ1) is 7.59. The Labute approximate surface area is 103 Å². The van der Waals surface area contributed by atoms with E-state index in [-0.39, 0.29) is 0 Å². The maximum absolute atomic E-state index is 5.97. The van der Waals surface area contributed by atoms with Gasteiger partial charge in [0.25, 0.3) is 0 Å². The summed E-state index contributed by atoms with van der Waals surface area (Å²) in [5.74, 6) is 1.50. The normalized spacial score (nSPS) is 12.8. The molecular formula is C12H20ClN3. The van der Waals surface area contributed by atoms with E-state index in [2.05, 4.69) is 36.1 Å². The zero-order chi connectivity index (χ0) is 12.0. The van der Waals surface area contributed by atoms with Crippen LogP contribution in [0, 0.1) is 5.92 Å². The van der Waals surface area contributed by atoms with Crippen LogP contribution in [0.15, 0.2) is 12.5 Å². The summed E-state index contributed by atoms with van der Waals surface area (Å²) in [7, 11) is 0. The molecule has 1 aromatic heterocycles. The molecule has 1 unspecified atom stereocenters. The summed E-state index contributed by atoms with van der Waals surface area (Å²) in [5.41, 5.74) is 0. The lowest BCUT2D eigenvalue weighted by Crippen LogP contribution is -2.16. The molecule has 0 bridgehead atoms. The molecule has 1 atom stereocenters. The first-order valence-electron chi connectivity index (χ1n) is 5.81. The van der Waals surface area contributed by atoms with Crippen LogP contribution in [0.3, 0.4) is 0 Å². The molecule has 0 spiro atoms. The maximum Gasteiger partial charge on any atom is 0.148 e. The minimum Gasteiger partial charge on any atom is -0.366 e. The van der Waals surface area contributed by atoms with Crippen LogP contribution in [-0.4, -0.2) is 16.0 Å². The van der Waals surface area contributed by atoms with Crippen LogP contribution in [0.25, 0.3) is 0 Å². The van der Waals surface area contributed by atoms with Gasteiger partial charge >= 0.3 is 0 Å². The molecule has 1 N–H and O–H groups in total. The summed E-state index contributed by atoms with van der Waals surface area (Å²) in [5, 5.41) is 3.88. The number of nitrogens with one attached hydrogen (secondary N) is 1. The molecule has 0 saturated heterocycles. The van der Waals surface area contributed by atoms with E-state index >= 15 is 0 Å². The Morgan fingerprint density at radius 1 is 1.31 bits per heavy atom. The molecule has 0 amide bonds. The highest BCUT2D eigenvalue weighted by molar-refractivity contribution is 6.32. The smallest absolute Gasteiger partial charge is 0.148 e. The van der Waals surface area contributed by atoms with E-state index in [1.54, 1.807) is 6.20 Å². The minimum absolute atomic E-state index is 0.395. The molecule has 0 saturated carbocycles. The lowest BCUT2D eigenvalue weighted by molar-refractivity contribution is 0.520. The van der Waals surface area contributed by atoms with Gasteiger partial charge in [0, 0.05) is 6.04 Å². The largest absolute Gasteiger partial charge is 0.366 e. The third-order valence-electron chi connectivity index (χ3n) is 2.47.